The second kappa shape index (κ2) is 9.42. The third-order valence-corrected chi connectivity index (χ3v) is 6.48. The van der Waals surface area contributed by atoms with Crippen molar-refractivity contribution in [3.63, 3.8) is 0 Å². The van der Waals surface area contributed by atoms with Crippen molar-refractivity contribution in [2.24, 2.45) is 0 Å². The quantitative estimate of drug-likeness (QED) is 0.458. The summed E-state index contributed by atoms with van der Waals surface area (Å²) in [7, 11) is 23.2. The Balaban J connectivity index is 1.55. The van der Waals surface area contributed by atoms with Crippen molar-refractivity contribution in [3.8, 4) is 0 Å². The molecule has 174 valence electrons. The number of imide groups is 1. The molecule has 14 heteroatoms. The average molecular weight is 501 g/mol. The number of rotatable bonds is 5. The van der Waals surface area contributed by atoms with E-state index in [2.05, 4.69) is 0 Å². The summed E-state index contributed by atoms with van der Waals surface area (Å²) in [5.41, 5.74) is 0.170. The molecule has 3 atom stereocenters. The van der Waals surface area contributed by atoms with Crippen LogP contribution in [0.25, 0.3) is 0 Å². The molecule has 2 aliphatic heterocycles. The fourth-order valence-corrected chi connectivity index (χ4v) is 4.35. The molecule has 0 aliphatic carbocycles. The Bertz CT molecular complexity index is 1270. The summed E-state index contributed by atoms with van der Waals surface area (Å²) in [6, 6.07) is 7.43. The summed E-state index contributed by atoms with van der Waals surface area (Å²) in [5, 5.41) is 0.215. The van der Waals surface area contributed by atoms with Gasteiger partial charge >= 0.3 is 5.92 Å². The largest absolute Gasteiger partial charge is 0.393 e. The summed E-state index contributed by atoms with van der Waals surface area (Å²) in [6.07, 6.45) is -0.227. The zero-order chi connectivity index (χ0) is 26.5. The minimum Gasteiger partial charge on any atom is -0.393 e. The molecule has 0 saturated carbocycles. The molecule has 3 unspecified atom stereocenters. The Labute approximate surface area is 215 Å². The Morgan fingerprint density at radius 3 is 2.42 bits per heavy atom. The van der Waals surface area contributed by atoms with E-state index in [1.165, 1.54) is 35.2 Å². The molecule has 7 nitrogen and oxygen atoms in total. The Morgan fingerprint density at radius 2 is 1.78 bits per heavy atom. The number of piperidine rings is 1. The first-order chi connectivity index (χ1) is 16.8. The van der Waals surface area contributed by atoms with Crippen LogP contribution in [0.1, 0.15) is 39.4 Å². The first kappa shape index (κ1) is 26.0. The van der Waals surface area contributed by atoms with Crippen molar-refractivity contribution >= 4 is 66.9 Å². The number of nitrogens with zero attached hydrogens (tertiary/aromatic N) is 3. The van der Waals surface area contributed by atoms with Gasteiger partial charge in [0.2, 0.25) is 27.8 Å². The molecule has 2 heterocycles. The van der Waals surface area contributed by atoms with E-state index in [0.717, 1.165) is 12.1 Å². The summed E-state index contributed by atoms with van der Waals surface area (Å²) >= 11 is 5.72. The number of hydrogen-bond acceptors (Lipinski definition) is 4. The number of carbonyl (C=O) groups is 4. The minimum absolute atomic E-state index is 0.0830. The van der Waals surface area contributed by atoms with Gasteiger partial charge in [0.05, 0.1) is 7.85 Å². The van der Waals surface area contributed by atoms with Crippen molar-refractivity contribution in [3.05, 3.63) is 69.7 Å². The van der Waals surface area contributed by atoms with Crippen molar-refractivity contribution < 1.29 is 28.0 Å². The number of hydrogen-bond donors (Lipinski definition) is 0. The number of benzene rings is 2. The molecule has 2 aliphatic rings. The number of halogens is 3. The van der Waals surface area contributed by atoms with Crippen LogP contribution in [0.15, 0.2) is 42.5 Å². The Morgan fingerprint density at radius 1 is 1.14 bits per heavy atom. The number of carbonyl (C=O) groups excluding carboxylic acids is 4. The van der Waals surface area contributed by atoms with Crippen LogP contribution in [0.5, 0.6) is 0 Å². The lowest BCUT2D eigenvalue weighted by Gasteiger charge is -2.38. The molecule has 2 aromatic carbocycles. The smallest absolute Gasteiger partial charge is 0.348 e. The Hall–Kier alpha value is -3.07. The topological polar surface area (TPSA) is 78.0 Å². The predicted octanol–water partition coefficient (Wildman–Crippen LogP) is 1.33. The molecule has 0 aromatic heterocycles. The zero-order valence-electron chi connectivity index (χ0n) is 18.6. The van der Waals surface area contributed by atoms with Gasteiger partial charge in [-0.1, -0.05) is 35.9 Å². The molecule has 2 aromatic rings. The number of fused-ring (bicyclic) bond motifs is 1. The molecule has 8 radical (unpaired) electrons. The van der Waals surface area contributed by atoms with Gasteiger partial charge < -0.3 is 14.5 Å². The van der Waals surface area contributed by atoms with Crippen LogP contribution in [0.2, 0.25) is 10.8 Å². The highest BCUT2D eigenvalue weighted by Crippen LogP contribution is 2.36. The fourth-order valence-electron chi connectivity index (χ4n) is 4.23. The monoisotopic (exact) mass is 501 g/mol. The van der Waals surface area contributed by atoms with Gasteiger partial charge in [0.15, 0.2) is 0 Å². The minimum atomic E-state index is -3.98. The van der Waals surface area contributed by atoms with Gasteiger partial charge in [-0.05, 0) is 35.1 Å². The summed E-state index contributed by atoms with van der Waals surface area (Å²) < 4.78 is 29.5. The highest BCUT2D eigenvalue weighted by Gasteiger charge is 2.46. The van der Waals surface area contributed by atoms with Crippen molar-refractivity contribution in [2.75, 3.05) is 0 Å². The van der Waals surface area contributed by atoms with Crippen molar-refractivity contribution in [1.82, 2.24) is 14.5 Å². The molecule has 4 rings (SSSR count). The van der Waals surface area contributed by atoms with E-state index < -0.39 is 52.9 Å². The summed E-state index contributed by atoms with van der Waals surface area (Å²) in [5.74, 6) is -10.2. The summed E-state index contributed by atoms with van der Waals surface area (Å²) in [4.78, 5) is 51.6. The predicted molar refractivity (Wildman–Crippen MR) is 128 cm³/mol. The molecule has 0 N–H and O–H groups in total. The van der Waals surface area contributed by atoms with E-state index >= 15 is 0 Å². The van der Waals surface area contributed by atoms with Crippen LogP contribution in [-0.2, 0) is 26.9 Å². The maximum Gasteiger partial charge on any atom is 0.348 e. The van der Waals surface area contributed by atoms with Gasteiger partial charge in [0.25, 0.3) is 11.8 Å². The van der Waals surface area contributed by atoms with Crippen LogP contribution in [0, 0.1) is 0 Å². The van der Waals surface area contributed by atoms with E-state index in [1.807, 2.05) is 0 Å². The number of alkyl halides is 2. The Kier molecular flexibility index (Phi) is 6.81. The number of amides is 4. The van der Waals surface area contributed by atoms with E-state index in [0.29, 0.717) is 10.4 Å². The van der Waals surface area contributed by atoms with Crippen molar-refractivity contribution in [1.29, 1.82) is 0 Å². The molecule has 1 saturated heterocycles. The molecule has 36 heavy (non-hydrogen) atoms. The standard InChI is InChI=1S/C22H14B4ClF2N3O4/c23-15-8-16(33)31(25)20(35)17(15)30-9-11-7-10(1-6-14(11)19(30)34)18(24)32(26)21(36)22(28,29)12-2-4-13(27)5-3-12/h1-7,15,17-18H,8-9H2. The van der Waals surface area contributed by atoms with Gasteiger partial charge in [-0.15, -0.1) is 0 Å². The van der Waals surface area contributed by atoms with Crippen LogP contribution in [0.4, 0.5) is 8.78 Å². The highest BCUT2D eigenvalue weighted by molar-refractivity contribution is 6.31. The first-order valence-corrected chi connectivity index (χ1v) is 11.0. The van der Waals surface area contributed by atoms with E-state index in [4.69, 9.17) is 43.3 Å². The summed E-state index contributed by atoms with van der Waals surface area (Å²) in [6.45, 7) is -0.0830. The lowest BCUT2D eigenvalue weighted by molar-refractivity contribution is -0.154. The van der Waals surface area contributed by atoms with Crippen LogP contribution >= 0.6 is 11.6 Å². The zero-order valence-corrected chi connectivity index (χ0v) is 19.4. The maximum absolute atomic E-state index is 14.8. The molecule has 0 spiro atoms. The van der Waals surface area contributed by atoms with Crippen LogP contribution in [0.3, 0.4) is 0 Å². The average Bonchev–Trinajstić information content (AvgIpc) is 3.16. The second-order valence-electron chi connectivity index (χ2n) is 8.50. The van der Waals surface area contributed by atoms with Crippen molar-refractivity contribution in [2.45, 2.75) is 36.7 Å². The van der Waals surface area contributed by atoms with Gasteiger partial charge in [-0.2, -0.15) is 8.78 Å². The second-order valence-corrected chi connectivity index (χ2v) is 8.94. The van der Waals surface area contributed by atoms with Gasteiger partial charge in [0.1, 0.15) is 13.9 Å². The molecular weight excluding hydrogens is 487 g/mol. The van der Waals surface area contributed by atoms with E-state index in [-0.39, 0.29) is 33.9 Å². The van der Waals surface area contributed by atoms with Crippen LogP contribution < -0.4 is 0 Å². The molecule has 1 fully saturated rings. The lowest BCUT2D eigenvalue weighted by Crippen LogP contribution is -2.56. The van der Waals surface area contributed by atoms with Gasteiger partial charge in [-0.25, -0.2) is 0 Å². The van der Waals surface area contributed by atoms with E-state index in [1.54, 1.807) is 0 Å². The van der Waals surface area contributed by atoms with Crippen LogP contribution in [-0.4, -0.2) is 75.8 Å². The lowest BCUT2D eigenvalue weighted by atomic mass is 9.73. The highest BCUT2D eigenvalue weighted by atomic mass is 35.5. The first-order valence-electron chi connectivity index (χ1n) is 10.6. The maximum atomic E-state index is 14.8. The third-order valence-electron chi connectivity index (χ3n) is 6.22. The van der Waals surface area contributed by atoms with Gasteiger partial charge in [0, 0.05) is 35.1 Å². The van der Waals surface area contributed by atoms with Gasteiger partial charge in [-0.3, -0.25) is 19.2 Å². The molecular formula is C22H14B4ClF2N3O4. The SMILES string of the molecule is [B]C1CC(=O)N([B])C(=O)C1N1Cc2cc(C([B])N([B])C(=O)C(F)(F)c3ccc(Cl)cc3)ccc2C1=O. The fraction of sp³-hybridized carbons (Fsp3) is 0.273. The molecule has 0 bridgehead atoms. The molecule has 4 amide bonds. The van der Waals surface area contributed by atoms with E-state index in [9.17, 15) is 28.0 Å². The normalized spacial score (nSPS) is 20.9. The third kappa shape index (κ3) is 4.34.